The molecular weight excluding hydrogens is 224 g/mol. The van der Waals surface area contributed by atoms with Crippen LogP contribution >= 0.6 is 0 Å². The zero-order chi connectivity index (χ0) is 12.7. The third-order valence-electron chi connectivity index (χ3n) is 2.05. The van der Waals surface area contributed by atoms with Gasteiger partial charge in [-0.25, -0.2) is 4.79 Å². The minimum absolute atomic E-state index is 0.143. The quantitative estimate of drug-likeness (QED) is 0.546. The lowest BCUT2D eigenvalue weighted by molar-refractivity contribution is -0.152. The number of hydrogen-bond donors (Lipinski definition) is 2. The maximum Gasteiger partial charge on any atom is 0.341 e. The van der Waals surface area contributed by atoms with E-state index < -0.39 is 18.0 Å². The van der Waals surface area contributed by atoms with Crippen molar-refractivity contribution in [3.8, 4) is 0 Å². The molecule has 0 fully saturated rings. The lowest BCUT2D eigenvalue weighted by Gasteiger charge is -2.08. The zero-order valence-corrected chi connectivity index (χ0v) is 9.17. The maximum absolute atomic E-state index is 11.3. The first-order valence-electron chi connectivity index (χ1n) is 4.99. The number of ether oxygens (including phenoxy) is 1. The lowest BCUT2D eigenvalue weighted by atomic mass is 10.2. The number of esters is 1. The van der Waals surface area contributed by atoms with Crippen LogP contribution in [-0.2, 0) is 25.8 Å². The molecule has 0 saturated heterocycles. The molecule has 1 unspecified atom stereocenters. The molecule has 0 heterocycles. The van der Waals surface area contributed by atoms with Crippen LogP contribution in [0, 0.1) is 0 Å². The minimum atomic E-state index is -1.09. The Kier molecular flexibility index (Phi) is 5.12. The van der Waals surface area contributed by atoms with E-state index in [4.69, 9.17) is 10.5 Å². The van der Waals surface area contributed by atoms with Crippen LogP contribution in [0.1, 0.15) is 12.0 Å². The standard InChI is InChI=1S/C11H14N2O4/c12-9(11(15)17-13)6-10(14)16-7-8-4-2-1-3-5-8/h1-5,9H,6-7,12-13H2. The molecule has 1 rings (SSSR count). The number of carbonyl (C=O) groups excluding carboxylic acids is 2. The van der Waals surface area contributed by atoms with Gasteiger partial charge in [0.25, 0.3) is 0 Å². The highest BCUT2D eigenvalue weighted by molar-refractivity contribution is 5.82. The van der Waals surface area contributed by atoms with Crippen LogP contribution in [0.15, 0.2) is 30.3 Å². The van der Waals surface area contributed by atoms with Crippen molar-refractivity contribution in [1.82, 2.24) is 0 Å². The summed E-state index contributed by atoms with van der Waals surface area (Å²) in [5.41, 5.74) is 6.20. The van der Waals surface area contributed by atoms with Gasteiger partial charge in [0.05, 0.1) is 6.42 Å². The lowest BCUT2D eigenvalue weighted by Crippen LogP contribution is -2.36. The van der Waals surface area contributed by atoms with Crippen LogP contribution in [0.25, 0.3) is 0 Å². The topological polar surface area (TPSA) is 105 Å². The van der Waals surface area contributed by atoms with Crippen molar-refractivity contribution in [1.29, 1.82) is 0 Å². The first-order valence-corrected chi connectivity index (χ1v) is 4.99. The van der Waals surface area contributed by atoms with E-state index in [2.05, 4.69) is 10.7 Å². The second kappa shape index (κ2) is 6.62. The van der Waals surface area contributed by atoms with Crippen molar-refractivity contribution >= 4 is 11.9 Å². The predicted molar refractivity (Wildman–Crippen MR) is 59.1 cm³/mol. The molecule has 0 saturated carbocycles. The summed E-state index contributed by atoms with van der Waals surface area (Å²) < 4.78 is 4.93. The molecule has 1 atom stereocenters. The average molecular weight is 238 g/mol. The molecule has 1 aromatic carbocycles. The molecule has 0 aliphatic heterocycles. The summed E-state index contributed by atoms with van der Waals surface area (Å²) in [4.78, 5) is 26.0. The number of rotatable bonds is 5. The summed E-state index contributed by atoms with van der Waals surface area (Å²) >= 11 is 0. The normalized spacial score (nSPS) is 11.6. The molecule has 6 nitrogen and oxygen atoms in total. The number of hydrogen-bond acceptors (Lipinski definition) is 6. The Morgan fingerprint density at radius 2 is 1.88 bits per heavy atom. The fraction of sp³-hybridized carbons (Fsp3) is 0.273. The van der Waals surface area contributed by atoms with Gasteiger partial charge in [-0.1, -0.05) is 30.3 Å². The molecule has 0 amide bonds. The average Bonchev–Trinajstić information content (AvgIpc) is 2.36. The number of carbonyl (C=O) groups is 2. The molecule has 17 heavy (non-hydrogen) atoms. The first-order chi connectivity index (χ1) is 8.13. The van der Waals surface area contributed by atoms with E-state index in [0.29, 0.717) is 0 Å². The van der Waals surface area contributed by atoms with E-state index >= 15 is 0 Å². The molecule has 92 valence electrons. The molecule has 0 bridgehead atoms. The minimum Gasteiger partial charge on any atom is -0.461 e. The summed E-state index contributed by atoms with van der Waals surface area (Å²) in [5.74, 6) is 3.21. The number of nitrogens with two attached hydrogens (primary N) is 2. The molecular formula is C11H14N2O4. The SMILES string of the molecule is NOC(=O)C(N)CC(=O)OCc1ccccc1. The Balaban J connectivity index is 2.33. The third kappa shape index (κ3) is 4.62. The van der Waals surface area contributed by atoms with E-state index in [1.807, 2.05) is 30.3 Å². The maximum atomic E-state index is 11.3. The summed E-state index contributed by atoms with van der Waals surface area (Å²) in [6.45, 7) is 0.143. The molecule has 0 spiro atoms. The Bertz CT molecular complexity index is 380. The van der Waals surface area contributed by atoms with E-state index in [9.17, 15) is 9.59 Å². The van der Waals surface area contributed by atoms with Crippen molar-refractivity contribution in [3.05, 3.63) is 35.9 Å². The largest absolute Gasteiger partial charge is 0.461 e. The molecule has 4 N–H and O–H groups in total. The van der Waals surface area contributed by atoms with Gasteiger partial charge in [-0.3, -0.25) is 4.79 Å². The van der Waals surface area contributed by atoms with Crippen LogP contribution in [0.5, 0.6) is 0 Å². The monoisotopic (exact) mass is 238 g/mol. The summed E-state index contributed by atoms with van der Waals surface area (Å²) in [5, 5.41) is 0. The highest BCUT2D eigenvalue weighted by atomic mass is 16.7. The van der Waals surface area contributed by atoms with Crippen LogP contribution in [0.2, 0.25) is 0 Å². The molecule has 0 aromatic heterocycles. The van der Waals surface area contributed by atoms with Gasteiger partial charge in [0.15, 0.2) is 0 Å². The summed E-state index contributed by atoms with van der Waals surface area (Å²) in [7, 11) is 0. The molecule has 0 aliphatic carbocycles. The molecule has 0 radical (unpaired) electrons. The van der Waals surface area contributed by atoms with Crippen molar-refractivity contribution < 1.29 is 19.2 Å². The van der Waals surface area contributed by atoms with Crippen molar-refractivity contribution in [3.63, 3.8) is 0 Å². The van der Waals surface area contributed by atoms with E-state index in [1.165, 1.54) is 0 Å². The molecule has 1 aromatic rings. The van der Waals surface area contributed by atoms with Crippen LogP contribution in [0.4, 0.5) is 0 Å². The van der Waals surface area contributed by atoms with Gasteiger partial charge in [-0.15, -0.1) is 0 Å². The summed E-state index contributed by atoms with van der Waals surface area (Å²) in [6, 6.07) is 8.08. The number of benzene rings is 1. The van der Waals surface area contributed by atoms with Crippen molar-refractivity contribution in [2.45, 2.75) is 19.1 Å². The van der Waals surface area contributed by atoms with Crippen LogP contribution in [0.3, 0.4) is 0 Å². The van der Waals surface area contributed by atoms with Gasteiger partial charge >= 0.3 is 11.9 Å². The second-order valence-corrected chi connectivity index (χ2v) is 3.39. The fourth-order valence-electron chi connectivity index (χ4n) is 1.15. The fourth-order valence-corrected chi connectivity index (χ4v) is 1.15. The molecule has 6 heteroatoms. The van der Waals surface area contributed by atoms with Gasteiger partial charge in [0, 0.05) is 0 Å². The Morgan fingerprint density at radius 1 is 1.24 bits per heavy atom. The predicted octanol–water partition coefficient (Wildman–Crippen LogP) is -0.136. The Hall–Kier alpha value is -1.92. The van der Waals surface area contributed by atoms with Crippen LogP contribution < -0.4 is 11.6 Å². The first kappa shape index (κ1) is 13.1. The van der Waals surface area contributed by atoms with Gasteiger partial charge in [0.2, 0.25) is 0 Å². The highest BCUT2D eigenvalue weighted by Crippen LogP contribution is 2.02. The van der Waals surface area contributed by atoms with Crippen molar-refractivity contribution in [2.24, 2.45) is 11.6 Å². The highest BCUT2D eigenvalue weighted by Gasteiger charge is 2.19. The smallest absolute Gasteiger partial charge is 0.341 e. The van der Waals surface area contributed by atoms with E-state index in [1.54, 1.807) is 0 Å². The van der Waals surface area contributed by atoms with Gasteiger partial charge < -0.3 is 15.3 Å². The van der Waals surface area contributed by atoms with Crippen LogP contribution in [-0.4, -0.2) is 18.0 Å². The third-order valence-corrected chi connectivity index (χ3v) is 2.05. The Morgan fingerprint density at radius 3 is 2.47 bits per heavy atom. The van der Waals surface area contributed by atoms with E-state index in [-0.39, 0.29) is 13.0 Å². The van der Waals surface area contributed by atoms with E-state index in [0.717, 1.165) is 5.56 Å². The van der Waals surface area contributed by atoms with Gasteiger partial charge in [0.1, 0.15) is 12.6 Å². The Labute approximate surface area is 98.4 Å². The zero-order valence-electron chi connectivity index (χ0n) is 9.17. The second-order valence-electron chi connectivity index (χ2n) is 3.39. The van der Waals surface area contributed by atoms with Crippen molar-refractivity contribution in [2.75, 3.05) is 0 Å². The summed E-state index contributed by atoms with van der Waals surface area (Å²) in [6.07, 6.45) is -0.261. The van der Waals surface area contributed by atoms with Gasteiger partial charge in [-0.2, -0.15) is 5.90 Å². The van der Waals surface area contributed by atoms with Gasteiger partial charge in [-0.05, 0) is 5.56 Å². The molecule has 0 aliphatic rings.